The Morgan fingerprint density at radius 1 is 1.00 bits per heavy atom. The van der Waals surface area contributed by atoms with Crippen LogP contribution < -0.4 is 0 Å². The highest BCUT2D eigenvalue weighted by atomic mass is 16.5. The standard InChI is InChI=1S/C6H12O2.C6H14O/c1-5(2)4-8-6(3)7;1-5(2)7-6(3)4/h5H,4H2,1-3H3;5-6H,1-4H3. The van der Waals surface area contributed by atoms with Crippen LogP contribution in [0.2, 0.25) is 0 Å². The van der Waals surface area contributed by atoms with Gasteiger partial charge in [-0.1, -0.05) is 13.8 Å². The van der Waals surface area contributed by atoms with Crippen LogP contribution in [-0.4, -0.2) is 24.8 Å². The molecule has 0 aromatic heterocycles. The van der Waals surface area contributed by atoms with E-state index in [0.29, 0.717) is 24.7 Å². The average molecular weight is 218 g/mol. The lowest BCUT2D eigenvalue weighted by molar-refractivity contribution is -0.141. The van der Waals surface area contributed by atoms with Crippen molar-refractivity contribution >= 4 is 5.97 Å². The number of hydrogen-bond donors (Lipinski definition) is 0. The van der Waals surface area contributed by atoms with Gasteiger partial charge in [0.15, 0.2) is 0 Å². The molecule has 0 spiro atoms. The summed E-state index contributed by atoms with van der Waals surface area (Å²) in [6.45, 7) is 14.1. The molecule has 0 aromatic rings. The summed E-state index contributed by atoms with van der Waals surface area (Å²) >= 11 is 0. The van der Waals surface area contributed by atoms with Crippen LogP contribution in [0.25, 0.3) is 0 Å². The summed E-state index contributed by atoms with van der Waals surface area (Å²) in [6, 6.07) is 0. The zero-order valence-electron chi connectivity index (χ0n) is 11.2. The van der Waals surface area contributed by atoms with Gasteiger partial charge in [0, 0.05) is 6.92 Å². The molecule has 0 saturated carbocycles. The maximum absolute atomic E-state index is 10.1. The molecular weight excluding hydrogens is 192 g/mol. The van der Waals surface area contributed by atoms with Gasteiger partial charge in [-0.3, -0.25) is 4.79 Å². The molecule has 0 heterocycles. The van der Waals surface area contributed by atoms with Crippen LogP contribution in [0.1, 0.15) is 48.5 Å². The van der Waals surface area contributed by atoms with Crippen LogP contribution in [0.4, 0.5) is 0 Å². The van der Waals surface area contributed by atoms with E-state index in [1.165, 1.54) is 6.92 Å². The number of rotatable bonds is 4. The third-order valence-corrected chi connectivity index (χ3v) is 1.16. The van der Waals surface area contributed by atoms with E-state index in [-0.39, 0.29) is 5.97 Å². The topological polar surface area (TPSA) is 35.5 Å². The lowest BCUT2D eigenvalue weighted by atomic mass is 10.2. The first-order chi connectivity index (χ1) is 6.75. The van der Waals surface area contributed by atoms with E-state index in [0.717, 1.165) is 0 Å². The molecule has 0 radical (unpaired) electrons. The molecule has 0 rings (SSSR count). The minimum atomic E-state index is -0.196. The van der Waals surface area contributed by atoms with Crippen molar-refractivity contribution in [3.8, 4) is 0 Å². The average Bonchev–Trinajstić information content (AvgIpc) is 1.99. The van der Waals surface area contributed by atoms with Gasteiger partial charge >= 0.3 is 5.97 Å². The van der Waals surface area contributed by atoms with Gasteiger partial charge in [0.25, 0.3) is 0 Å². The Morgan fingerprint density at radius 2 is 1.40 bits per heavy atom. The Labute approximate surface area is 94.1 Å². The van der Waals surface area contributed by atoms with Gasteiger partial charge in [-0.05, 0) is 33.6 Å². The smallest absolute Gasteiger partial charge is 0.302 e. The summed E-state index contributed by atoms with van der Waals surface area (Å²) in [5.41, 5.74) is 0. The maximum Gasteiger partial charge on any atom is 0.302 e. The van der Waals surface area contributed by atoms with Gasteiger partial charge in [0.05, 0.1) is 18.8 Å². The van der Waals surface area contributed by atoms with Crippen LogP contribution in [0.3, 0.4) is 0 Å². The fourth-order valence-electron chi connectivity index (χ4n) is 0.828. The van der Waals surface area contributed by atoms with E-state index in [9.17, 15) is 4.79 Å². The highest BCUT2D eigenvalue weighted by Gasteiger charge is 1.95. The summed E-state index contributed by atoms with van der Waals surface area (Å²) in [5.74, 6) is 0.248. The van der Waals surface area contributed by atoms with Crippen LogP contribution in [0, 0.1) is 5.92 Å². The van der Waals surface area contributed by atoms with Crippen molar-refractivity contribution in [1.82, 2.24) is 0 Å². The van der Waals surface area contributed by atoms with Crippen molar-refractivity contribution in [2.75, 3.05) is 6.61 Å². The Hall–Kier alpha value is -0.570. The van der Waals surface area contributed by atoms with Crippen molar-refractivity contribution in [3.63, 3.8) is 0 Å². The van der Waals surface area contributed by atoms with Gasteiger partial charge in [-0.2, -0.15) is 0 Å². The quantitative estimate of drug-likeness (QED) is 0.680. The first-order valence-corrected chi connectivity index (χ1v) is 5.54. The van der Waals surface area contributed by atoms with E-state index in [1.807, 2.05) is 41.5 Å². The SMILES string of the molecule is CC(=O)OCC(C)C.CC(C)OC(C)C. The Kier molecular flexibility index (Phi) is 11.2. The summed E-state index contributed by atoms with van der Waals surface area (Å²) in [7, 11) is 0. The molecule has 0 aromatic carbocycles. The molecule has 0 amide bonds. The van der Waals surface area contributed by atoms with Gasteiger partial charge < -0.3 is 9.47 Å². The van der Waals surface area contributed by atoms with Gasteiger partial charge in [-0.15, -0.1) is 0 Å². The van der Waals surface area contributed by atoms with E-state index < -0.39 is 0 Å². The summed E-state index contributed by atoms with van der Waals surface area (Å²) in [6.07, 6.45) is 0.750. The first kappa shape index (κ1) is 16.8. The summed E-state index contributed by atoms with van der Waals surface area (Å²) < 4.78 is 9.91. The highest BCUT2D eigenvalue weighted by Crippen LogP contribution is 1.93. The fourth-order valence-corrected chi connectivity index (χ4v) is 0.828. The number of carbonyl (C=O) groups excluding carboxylic acids is 1. The second-order valence-corrected chi connectivity index (χ2v) is 4.43. The van der Waals surface area contributed by atoms with Crippen LogP contribution in [0.15, 0.2) is 0 Å². The minimum absolute atomic E-state index is 0.196. The molecule has 0 atom stereocenters. The van der Waals surface area contributed by atoms with Crippen LogP contribution in [-0.2, 0) is 14.3 Å². The lowest BCUT2D eigenvalue weighted by Crippen LogP contribution is -2.09. The first-order valence-electron chi connectivity index (χ1n) is 5.54. The highest BCUT2D eigenvalue weighted by molar-refractivity contribution is 5.65. The van der Waals surface area contributed by atoms with Crippen molar-refractivity contribution in [2.24, 2.45) is 5.92 Å². The monoisotopic (exact) mass is 218 g/mol. The van der Waals surface area contributed by atoms with Crippen molar-refractivity contribution in [2.45, 2.75) is 60.7 Å². The number of ether oxygens (including phenoxy) is 2. The lowest BCUT2D eigenvalue weighted by Gasteiger charge is -2.09. The molecule has 0 aliphatic rings. The normalized spacial score (nSPS) is 10.3. The van der Waals surface area contributed by atoms with Gasteiger partial charge in [-0.25, -0.2) is 0 Å². The van der Waals surface area contributed by atoms with E-state index >= 15 is 0 Å². The zero-order chi connectivity index (χ0) is 12.4. The Bertz CT molecular complexity index is 145. The molecule has 0 saturated heterocycles. The van der Waals surface area contributed by atoms with Crippen molar-refractivity contribution in [1.29, 1.82) is 0 Å². The second-order valence-electron chi connectivity index (χ2n) is 4.43. The molecule has 0 aliphatic heterocycles. The van der Waals surface area contributed by atoms with Gasteiger partial charge in [0.2, 0.25) is 0 Å². The number of esters is 1. The van der Waals surface area contributed by atoms with Crippen molar-refractivity contribution < 1.29 is 14.3 Å². The molecule has 3 heteroatoms. The molecule has 0 aliphatic carbocycles. The molecule has 0 bridgehead atoms. The van der Waals surface area contributed by atoms with Crippen LogP contribution in [0.5, 0.6) is 0 Å². The molecule has 3 nitrogen and oxygen atoms in total. The summed E-state index contributed by atoms with van der Waals surface area (Å²) in [4.78, 5) is 10.1. The Morgan fingerprint density at radius 3 is 1.47 bits per heavy atom. The second kappa shape index (κ2) is 9.97. The Balaban J connectivity index is 0. The molecule has 0 fully saturated rings. The maximum atomic E-state index is 10.1. The largest absolute Gasteiger partial charge is 0.466 e. The number of hydrogen-bond acceptors (Lipinski definition) is 3. The van der Waals surface area contributed by atoms with Crippen molar-refractivity contribution in [3.05, 3.63) is 0 Å². The molecule has 0 unspecified atom stereocenters. The third-order valence-electron chi connectivity index (χ3n) is 1.16. The predicted octanol–water partition coefficient (Wildman–Crippen LogP) is 3.03. The third kappa shape index (κ3) is 24.7. The molecule has 92 valence electrons. The van der Waals surface area contributed by atoms with E-state index in [1.54, 1.807) is 0 Å². The zero-order valence-corrected chi connectivity index (χ0v) is 11.2. The molecular formula is C12H26O3. The number of carbonyl (C=O) groups is 1. The van der Waals surface area contributed by atoms with Gasteiger partial charge in [0.1, 0.15) is 0 Å². The minimum Gasteiger partial charge on any atom is -0.466 e. The molecule has 0 N–H and O–H groups in total. The van der Waals surface area contributed by atoms with E-state index in [2.05, 4.69) is 4.74 Å². The van der Waals surface area contributed by atoms with E-state index in [4.69, 9.17) is 4.74 Å². The fraction of sp³-hybridized carbons (Fsp3) is 0.917. The van der Waals surface area contributed by atoms with Crippen LogP contribution >= 0.6 is 0 Å². The predicted molar refractivity (Wildman–Crippen MR) is 62.8 cm³/mol. The molecule has 15 heavy (non-hydrogen) atoms. The summed E-state index contributed by atoms with van der Waals surface area (Å²) in [5, 5.41) is 0.